The van der Waals surface area contributed by atoms with Gasteiger partial charge in [0.15, 0.2) is 0 Å². The van der Waals surface area contributed by atoms with E-state index < -0.39 is 6.17 Å². The van der Waals surface area contributed by atoms with Crippen molar-refractivity contribution >= 4 is 18.5 Å². The lowest BCUT2D eigenvalue weighted by atomic mass is 9.88. The van der Waals surface area contributed by atoms with E-state index in [2.05, 4.69) is 23.9 Å². The van der Waals surface area contributed by atoms with Gasteiger partial charge in [-0.1, -0.05) is 18.1 Å². The molecule has 1 amide bonds. The van der Waals surface area contributed by atoms with Crippen LogP contribution in [0.25, 0.3) is 0 Å². The number of nitrogens with two attached hydrogens (primary N) is 1. The summed E-state index contributed by atoms with van der Waals surface area (Å²) in [6.45, 7) is 0.221. The fraction of sp³-hybridized carbons (Fsp3) is 0.357. The van der Waals surface area contributed by atoms with E-state index in [1.165, 1.54) is 0 Å². The number of amides is 1. The molecule has 1 aliphatic rings. The van der Waals surface area contributed by atoms with Crippen molar-refractivity contribution in [2.45, 2.75) is 23.8 Å². The Labute approximate surface area is 118 Å². The van der Waals surface area contributed by atoms with E-state index >= 15 is 0 Å². The van der Waals surface area contributed by atoms with Gasteiger partial charge in [0.1, 0.15) is 12.4 Å². The number of hydrogen-bond acceptors (Lipinski definition) is 4. The van der Waals surface area contributed by atoms with Crippen LogP contribution in [-0.4, -0.2) is 23.9 Å². The van der Waals surface area contributed by atoms with Crippen molar-refractivity contribution in [1.29, 1.82) is 0 Å². The maximum absolute atomic E-state index is 11.6. The average Bonchev–Trinajstić information content (AvgIpc) is 2.41. The summed E-state index contributed by atoms with van der Waals surface area (Å²) in [5.74, 6) is 3.02. The third kappa shape index (κ3) is 3.22. The van der Waals surface area contributed by atoms with Gasteiger partial charge in [0.25, 0.3) is 0 Å². The Hall–Kier alpha value is -1.64. The highest BCUT2D eigenvalue weighted by Crippen LogP contribution is 2.32. The van der Waals surface area contributed by atoms with E-state index in [-0.39, 0.29) is 23.7 Å². The largest absolute Gasteiger partial charge is 0.481 e. The Morgan fingerprint density at radius 2 is 2.37 bits per heavy atom. The SMILES string of the molecule is C#CCOc1cccc(C2CC(=O)NC(N)C2S)c1. The molecule has 2 rings (SSSR count). The third-order valence-electron chi connectivity index (χ3n) is 3.12. The molecule has 1 saturated heterocycles. The first-order valence-electron chi connectivity index (χ1n) is 6.01. The highest BCUT2D eigenvalue weighted by atomic mass is 32.1. The van der Waals surface area contributed by atoms with Crippen LogP contribution in [0.5, 0.6) is 5.75 Å². The van der Waals surface area contributed by atoms with Crippen molar-refractivity contribution in [2.24, 2.45) is 5.73 Å². The fourth-order valence-corrected chi connectivity index (χ4v) is 2.53. The van der Waals surface area contributed by atoms with Crippen LogP contribution in [0.1, 0.15) is 17.9 Å². The van der Waals surface area contributed by atoms with Gasteiger partial charge in [0.2, 0.25) is 5.91 Å². The van der Waals surface area contributed by atoms with Gasteiger partial charge in [-0.3, -0.25) is 4.79 Å². The Kier molecular flexibility index (Phi) is 4.35. The molecular formula is C14H16N2O2S. The summed E-state index contributed by atoms with van der Waals surface area (Å²) in [6, 6.07) is 7.54. The summed E-state index contributed by atoms with van der Waals surface area (Å²) >= 11 is 4.50. The summed E-state index contributed by atoms with van der Waals surface area (Å²) in [6.07, 6.45) is 5.09. The molecule has 3 unspecified atom stereocenters. The van der Waals surface area contributed by atoms with Gasteiger partial charge in [0, 0.05) is 17.6 Å². The maximum atomic E-state index is 11.6. The van der Waals surface area contributed by atoms with Gasteiger partial charge < -0.3 is 15.8 Å². The predicted octanol–water partition coefficient (Wildman–Crippen LogP) is 0.885. The Balaban J connectivity index is 2.20. The molecule has 1 aromatic carbocycles. The average molecular weight is 276 g/mol. The topological polar surface area (TPSA) is 64.3 Å². The van der Waals surface area contributed by atoms with Gasteiger partial charge in [-0.2, -0.15) is 12.6 Å². The van der Waals surface area contributed by atoms with Crippen LogP contribution in [0.15, 0.2) is 24.3 Å². The van der Waals surface area contributed by atoms with Crippen molar-refractivity contribution in [2.75, 3.05) is 6.61 Å². The normalized spacial score (nSPS) is 26.4. The highest BCUT2D eigenvalue weighted by molar-refractivity contribution is 7.81. The van der Waals surface area contributed by atoms with Crippen LogP contribution in [-0.2, 0) is 4.79 Å². The lowest BCUT2D eigenvalue weighted by molar-refractivity contribution is -0.123. The molecule has 1 aliphatic heterocycles. The van der Waals surface area contributed by atoms with E-state index in [4.69, 9.17) is 16.9 Å². The number of terminal acetylenes is 1. The Morgan fingerprint density at radius 3 is 3.11 bits per heavy atom. The quantitative estimate of drug-likeness (QED) is 0.567. The molecule has 0 aliphatic carbocycles. The molecule has 0 bridgehead atoms. The summed E-state index contributed by atoms with van der Waals surface area (Å²) in [5.41, 5.74) is 6.83. The second kappa shape index (κ2) is 6.00. The Morgan fingerprint density at radius 1 is 1.58 bits per heavy atom. The molecule has 1 heterocycles. The van der Waals surface area contributed by atoms with Gasteiger partial charge >= 0.3 is 0 Å². The summed E-state index contributed by atoms with van der Waals surface area (Å²) in [4.78, 5) is 11.6. The van der Waals surface area contributed by atoms with E-state index in [0.29, 0.717) is 12.2 Å². The van der Waals surface area contributed by atoms with E-state index in [1.54, 1.807) is 0 Å². The summed E-state index contributed by atoms with van der Waals surface area (Å²) in [7, 11) is 0. The molecule has 3 atom stereocenters. The van der Waals surface area contributed by atoms with Gasteiger partial charge in [-0.25, -0.2) is 0 Å². The van der Waals surface area contributed by atoms with Gasteiger partial charge in [-0.15, -0.1) is 6.42 Å². The molecule has 19 heavy (non-hydrogen) atoms. The zero-order valence-electron chi connectivity index (χ0n) is 10.4. The molecule has 0 saturated carbocycles. The fourth-order valence-electron chi connectivity index (χ4n) is 2.18. The zero-order valence-corrected chi connectivity index (χ0v) is 11.3. The van der Waals surface area contributed by atoms with Gasteiger partial charge in [0.05, 0.1) is 6.17 Å². The summed E-state index contributed by atoms with van der Waals surface area (Å²) in [5, 5.41) is 2.56. The lowest BCUT2D eigenvalue weighted by Gasteiger charge is -2.33. The molecule has 3 N–H and O–H groups in total. The molecule has 1 aromatic rings. The van der Waals surface area contributed by atoms with E-state index in [1.807, 2.05) is 24.3 Å². The number of ether oxygens (including phenoxy) is 1. The van der Waals surface area contributed by atoms with Crippen LogP contribution in [0.3, 0.4) is 0 Å². The standard InChI is InChI=1S/C14H16N2O2S/c1-2-6-18-10-5-3-4-9(7-10)11-8-12(17)16-14(15)13(11)19/h1,3-5,7,11,13-14,19H,6,8,15H2,(H,16,17). The lowest BCUT2D eigenvalue weighted by Crippen LogP contribution is -2.54. The van der Waals surface area contributed by atoms with Crippen molar-refractivity contribution in [3.05, 3.63) is 29.8 Å². The van der Waals surface area contributed by atoms with Crippen LogP contribution >= 0.6 is 12.6 Å². The first-order chi connectivity index (χ1) is 9.11. The molecule has 1 fully saturated rings. The number of nitrogens with one attached hydrogen (secondary N) is 1. The van der Waals surface area contributed by atoms with Crippen molar-refractivity contribution in [3.8, 4) is 18.1 Å². The molecule has 100 valence electrons. The number of carbonyl (C=O) groups excluding carboxylic acids is 1. The van der Waals surface area contributed by atoms with Crippen molar-refractivity contribution in [1.82, 2.24) is 5.32 Å². The second-order valence-corrected chi connectivity index (χ2v) is 5.06. The molecule has 4 nitrogen and oxygen atoms in total. The third-order valence-corrected chi connectivity index (χ3v) is 3.80. The summed E-state index contributed by atoms with van der Waals surface area (Å²) < 4.78 is 5.38. The first kappa shape index (κ1) is 13.8. The Bertz CT molecular complexity index is 512. The molecular weight excluding hydrogens is 260 g/mol. The molecule has 5 heteroatoms. The van der Waals surface area contributed by atoms with Crippen LogP contribution < -0.4 is 15.8 Å². The minimum Gasteiger partial charge on any atom is -0.481 e. The number of thiol groups is 1. The van der Waals surface area contributed by atoms with Crippen LogP contribution in [0.2, 0.25) is 0 Å². The zero-order chi connectivity index (χ0) is 13.8. The first-order valence-corrected chi connectivity index (χ1v) is 6.52. The number of carbonyl (C=O) groups is 1. The van der Waals surface area contributed by atoms with E-state index in [9.17, 15) is 4.79 Å². The highest BCUT2D eigenvalue weighted by Gasteiger charge is 2.33. The molecule has 0 spiro atoms. The van der Waals surface area contributed by atoms with Crippen molar-refractivity contribution < 1.29 is 9.53 Å². The predicted molar refractivity (Wildman–Crippen MR) is 77.0 cm³/mol. The number of hydrogen-bond donors (Lipinski definition) is 3. The monoisotopic (exact) mass is 276 g/mol. The van der Waals surface area contributed by atoms with E-state index in [0.717, 1.165) is 5.56 Å². The minimum atomic E-state index is -0.440. The maximum Gasteiger partial charge on any atom is 0.221 e. The van der Waals surface area contributed by atoms with Crippen LogP contribution in [0, 0.1) is 12.3 Å². The van der Waals surface area contributed by atoms with Crippen molar-refractivity contribution in [3.63, 3.8) is 0 Å². The van der Waals surface area contributed by atoms with Gasteiger partial charge in [-0.05, 0) is 17.7 Å². The van der Waals surface area contributed by atoms with Crippen LogP contribution in [0.4, 0.5) is 0 Å². The smallest absolute Gasteiger partial charge is 0.221 e. The number of benzene rings is 1. The minimum absolute atomic E-state index is 0.0264. The number of rotatable bonds is 3. The molecule has 0 radical (unpaired) electrons. The molecule has 0 aromatic heterocycles. The second-order valence-electron chi connectivity index (χ2n) is 4.46. The number of piperidine rings is 1.